The Kier molecular flexibility index (Phi) is 7.87. The van der Waals surface area contributed by atoms with Crippen LogP contribution in [-0.4, -0.2) is 46.4 Å². The molecule has 0 radical (unpaired) electrons. The van der Waals surface area contributed by atoms with Crippen molar-refractivity contribution >= 4 is 28.4 Å². The smallest absolute Gasteiger partial charge is 0.225 e. The molecule has 1 saturated carbocycles. The fourth-order valence-corrected chi connectivity index (χ4v) is 5.28. The van der Waals surface area contributed by atoms with Crippen molar-refractivity contribution in [2.45, 2.75) is 44.8 Å². The Hall–Kier alpha value is -3.62. The maximum Gasteiger partial charge on any atom is 0.225 e. The second kappa shape index (κ2) is 11.6. The Labute approximate surface area is 218 Å². The van der Waals surface area contributed by atoms with Crippen LogP contribution in [0.2, 0.25) is 0 Å². The van der Waals surface area contributed by atoms with Crippen LogP contribution in [0, 0.1) is 5.92 Å². The van der Waals surface area contributed by atoms with Crippen molar-refractivity contribution in [2.75, 3.05) is 36.3 Å². The molecular weight excluding hydrogens is 462 g/mol. The summed E-state index contributed by atoms with van der Waals surface area (Å²) >= 11 is 0. The van der Waals surface area contributed by atoms with Gasteiger partial charge in [-0.25, -0.2) is 4.98 Å². The maximum atomic E-state index is 9.39. The van der Waals surface area contributed by atoms with Crippen LogP contribution in [0.5, 0.6) is 0 Å². The highest BCUT2D eigenvalue weighted by atomic mass is 16.5. The van der Waals surface area contributed by atoms with Crippen LogP contribution in [0.15, 0.2) is 66.9 Å². The minimum atomic E-state index is 0.407. The van der Waals surface area contributed by atoms with Gasteiger partial charge in [-0.3, -0.25) is 10.7 Å². The van der Waals surface area contributed by atoms with Gasteiger partial charge in [0.15, 0.2) is 0 Å². The summed E-state index contributed by atoms with van der Waals surface area (Å²) in [6.07, 6.45) is 6.73. The highest BCUT2D eigenvalue weighted by Gasteiger charge is 2.22. The molecule has 0 spiro atoms. The Bertz CT molecular complexity index is 1310. The third-order valence-electron chi connectivity index (χ3n) is 7.33. The summed E-state index contributed by atoms with van der Waals surface area (Å²) in [4.78, 5) is 11.6. The number of rotatable bonds is 10. The third-order valence-corrected chi connectivity index (χ3v) is 7.33. The van der Waals surface area contributed by atoms with E-state index in [1.807, 2.05) is 50.5 Å². The minimum absolute atomic E-state index is 0.407. The van der Waals surface area contributed by atoms with Crippen LogP contribution in [0.1, 0.15) is 36.9 Å². The predicted octanol–water partition coefficient (Wildman–Crippen LogP) is 5.11. The molecule has 2 aromatic heterocycles. The van der Waals surface area contributed by atoms with Gasteiger partial charge in [0.1, 0.15) is 5.82 Å². The first-order valence-corrected chi connectivity index (χ1v) is 13.1. The van der Waals surface area contributed by atoms with Crippen LogP contribution >= 0.6 is 0 Å². The van der Waals surface area contributed by atoms with Crippen molar-refractivity contribution < 1.29 is 5.21 Å². The van der Waals surface area contributed by atoms with E-state index in [1.54, 1.807) is 0 Å². The average Bonchev–Trinajstić information content (AvgIpc) is 3.36. The first-order chi connectivity index (χ1) is 18.1. The average molecular weight is 500 g/mol. The van der Waals surface area contributed by atoms with Crippen molar-refractivity contribution in [2.24, 2.45) is 5.92 Å². The zero-order valence-electron chi connectivity index (χ0n) is 21.7. The molecule has 1 fully saturated rings. The van der Waals surface area contributed by atoms with Gasteiger partial charge in [0.2, 0.25) is 5.95 Å². The van der Waals surface area contributed by atoms with Gasteiger partial charge in [-0.05, 0) is 74.0 Å². The lowest BCUT2D eigenvalue weighted by atomic mass is 9.86. The van der Waals surface area contributed by atoms with Crippen LogP contribution in [0.3, 0.4) is 0 Å². The van der Waals surface area contributed by atoms with E-state index >= 15 is 0 Å². The summed E-state index contributed by atoms with van der Waals surface area (Å²) in [5.74, 6) is 2.35. The molecule has 4 N–H and O–H groups in total. The van der Waals surface area contributed by atoms with Crippen molar-refractivity contribution in [3.8, 4) is 0 Å². The number of benzene rings is 2. The summed E-state index contributed by atoms with van der Waals surface area (Å²) < 4.78 is 2.23. The van der Waals surface area contributed by atoms with E-state index in [4.69, 9.17) is 9.97 Å². The molecule has 2 aromatic carbocycles. The summed E-state index contributed by atoms with van der Waals surface area (Å²) in [5.41, 5.74) is 6.32. The lowest BCUT2D eigenvalue weighted by Gasteiger charge is -2.29. The summed E-state index contributed by atoms with van der Waals surface area (Å²) in [7, 11) is 4.05. The van der Waals surface area contributed by atoms with E-state index < -0.39 is 0 Å². The number of hydrogen-bond acceptors (Lipinski definition) is 7. The molecule has 1 aliphatic rings. The van der Waals surface area contributed by atoms with Gasteiger partial charge in [-0.2, -0.15) is 4.98 Å². The van der Waals surface area contributed by atoms with Crippen molar-refractivity contribution in [3.05, 3.63) is 78.1 Å². The number of hydrogen-bond donors (Lipinski definition) is 4. The number of aromatic nitrogens is 3. The second-order valence-corrected chi connectivity index (χ2v) is 10.2. The standard InChI is InChI=1S/C29H37N7O/c1-35(2)28-25-10-4-6-12-27(25)32-29(33-28)31-23-15-13-21(14-16-23)18-30-19-24-9-7-17-36(24)20-22-8-3-5-11-26(22)34-37/h3-12,17,21,23,30,34,37H,13-16,18-20H2,1-2H3,(H,31,32,33). The van der Waals surface area contributed by atoms with E-state index in [2.05, 4.69) is 56.0 Å². The molecule has 0 unspecified atom stereocenters. The number of nitrogens with one attached hydrogen (secondary N) is 3. The van der Waals surface area contributed by atoms with Gasteiger partial charge >= 0.3 is 0 Å². The normalized spacial score (nSPS) is 17.6. The molecule has 8 nitrogen and oxygen atoms in total. The molecule has 37 heavy (non-hydrogen) atoms. The lowest BCUT2D eigenvalue weighted by Crippen LogP contribution is -2.32. The Morgan fingerprint density at radius 2 is 1.73 bits per heavy atom. The first-order valence-electron chi connectivity index (χ1n) is 13.1. The van der Waals surface area contributed by atoms with Gasteiger partial charge in [0, 0.05) is 50.5 Å². The van der Waals surface area contributed by atoms with Crippen LogP contribution in [-0.2, 0) is 13.1 Å². The molecule has 2 heterocycles. The number of fused-ring (bicyclic) bond motifs is 1. The second-order valence-electron chi connectivity index (χ2n) is 10.2. The number of para-hydroxylation sites is 2. The Morgan fingerprint density at radius 1 is 0.946 bits per heavy atom. The molecule has 4 aromatic rings. The summed E-state index contributed by atoms with van der Waals surface area (Å²) in [6, 6.07) is 20.7. The Balaban J connectivity index is 1.11. The van der Waals surface area contributed by atoms with E-state index in [9.17, 15) is 5.21 Å². The quantitative estimate of drug-likeness (QED) is 0.226. The van der Waals surface area contributed by atoms with Gasteiger partial charge < -0.3 is 20.1 Å². The van der Waals surface area contributed by atoms with E-state index in [0.29, 0.717) is 12.0 Å². The largest absolute Gasteiger partial charge is 0.362 e. The van der Waals surface area contributed by atoms with Gasteiger partial charge in [0.25, 0.3) is 0 Å². The topological polar surface area (TPSA) is 90.3 Å². The minimum Gasteiger partial charge on any atom is -0.362 e. The highest BCUT2D eigenvalue weighted by Crippen LogP contribution is 2.28. The van der Waals surface area contributed by atoms with Crippen molar-refractivity contribution in [3.63, 3.8) is 0 Å². The molecule has 5 rings (SSSR count). The monoisotopic (exact) mass is 499 g/mol. The highest BCUT2D eigenvalue weighted by molar-refractivity contribution is 5.90. The molecular formula is C29H37N7O. The van der Waals surface area contributed by atoms with E-state index in [1.165, 1.54) is 18.5 Å². The molecule has 0 aliphatic heterocycles. The zero-order valence-corrected chi connectivity index (χ0v) is 21.7. The van der Waals surface area contributed by atoms with Gasteiger partial charge in [-0.15, -0.1) is 0 Å². The van der Waals surface area contributed by atoms with Crippen molar-refractivity contribution in [1.29, 1.82) is 0 Å². The maximum absolute atomic E-state index is 9.39. The van der Waals surface area contributed by atoms with Crippen LogP contribution < -0.4 is 21.0 Å². The predicted molar refractivity (Wildman–Crippen MR) is 150 cm³/mol. The fourth-order valence-electron chi connectivity index (χ4n) is 5.28. The third kappa shape index (κ3) is 6.03. The molecule has 8 heteroatoms. The van der Waals surface area contributed by atoms with E-state index in [-0.39, 0.29) is 0 Å². The van der Waals surface area contributed by atoms with Crippen LogP contribution in [0.4, 0.5) is 17.5 Å². The molecule has 0 bridgehead atoms. The zero-order chi connectivity index (χ0) is 25.6. The first kappa shape index (κ1) is 25.0. The summed E-state index contributed by atoms with van der Waals surface area (Å²) in [5, 5.41) is 17.8. The van der Waals surface area contributed by atoms with E-state index in [0.717, 1.165) is 66.4 Å². The van der Waals surface area contributed by atoms with Gasteiger partial charge in [-0.1, -0.05) is 30.3 Å². The van der Waals surface area contributed by atoms with Gasteiger partial charge in [0.05, 0.1) is 11.2 Å². The lowest BCUT2D eigenvalue weighted by molar-refractivity contribution is 0.323. The SMILES string of the molecule is CN(C)c1nc(NC2CCC(CNCc3cccn3Cc3ccccc3NO)CC2)nc2ccccc12. The van der Waals surface area contributed by atoms with Crippen molar-refractivity contribution in [1.82, 2.24) is 19.9 Å². The molecule has 0 atom stereocenters. The molecule has 0 amide bonds. The molecule has 1 aliphatic carbocycles. The Morgan fingerprint density at radius 3 is 2.54 bits per heavy atom. The number of nitrogens with zero attached hydrogens (tertiary/aromatic N) is 4. The summed E-state index contributed by atoms with van der Waals surface area (Å²) in [6.45, 7) is 2.57. The molecule has 0 saturated heterocycles. The number of anilines is 3. The molecule has 194 valence electrons. The fraction of sp³-hybridized carbons (Fsp3) is 0.379. The van der Waals surface area contributed by atoms with Crippen LogP contribution in [0.25, 0.3) is 10.9 Å².